The average molecular weight is 451 g/mol. The first-order valence-electron chi connectivity index (χ1n) is 11.0. The second-order valence-corrected chi connectivity index (χ2v) is 7.60. The summed E-state index contributed by atoms with van der Waals surface area (Å²) in [5.74, 6) is 1.07. The SMILES string of the molecule is C=CCN1C(=O)C(Nc2ccc(OCC)c(OCC)c2)=C(c2ccc(OC(C)C)cc2)C1=O. The van der Waals surface area contributed by atoms with Gasteiger partial charge in [0.15, 0.2) is 11.5 Å². The van der Waals surface area contributed by atoms with Crippen LogP contribution >= 0.6 is 0 Å². The van der Waals surface area contributed by atoms with E-state index >= 15 is 0 Å². The Morgan fingerprint density at radius 1 is 0.970 bits per heavy atom. The van der Waals surface area contributed by atoms with Crippen molar-refractivity contribution in [2.45, 2.75) is 33.8 Å². The Morgan fingerprint density at radius 3 is 2.24 bits per heavy atom. The Kier molecular flexibility index (Phi) is 7.77. The van der Waals surface area contributed by atoms with E-state index in [9.17, 15) is 9.59 Å². The molecular weight excluding hydrogens is 420 g/mol. The molecule has 1 aliphatic rings. The molecule has 33 heavy (non-hydrogen) atoms. The van der Waals surface area contributed by atoms with Gasteiger partial charge >= 0.3 is 0 Å². The first kappa shape index (κ1) is 23.9. The summed E-state index contributed by atoms with van der Waals surface area (Å²) in [6.45, 7) is 12.4. The highest BCUT2D eigenvalue weighted by atomic mass is 16.5. The molecule has 2 amide bonds. The van der Waals surface area contributed by atoms with E-state index in [-0.39, 0.29) is 24.3 Å². The molecule has 7 heteroatoms. The number of imide groups is 1. The maximum absolute atomic E-state index is 13.2. The van der Waals surface area contributed by atoms with Crippen LogP contribution in [0.1, 0.15) is 33.3 Å². The molecule has 0 saturated heterocycles. The highest BCUT2D eigenvalue weighted by Gasteiger charge is 2.38. The van der Waals surface area contributed by atoms with E-state index in [1.165, 1.54) is 11.0 Å². The first-order valence-corrected chi connectivity index (χ1v) is 11.0. The minimum atomic E-state index is -0.413. The van der Waals surface area contributed by atoms with Crippen LogP contribution in [0.5, 0.6) is 17.2 Å². The van der Waals surface area contributed by atoms with Gasteiger partial charge in [0.25, 0.3) is 11.8 Å². The summed E-state index contributed by atoms with van der Waals surface area (Å²) in [4.78, 5) is 27.5. The zero-order valence-electron chi connectivity index (χ0n) is 19.5. The van der Waals surface area contributed by atoms with E-state index in [1.807, 2.05) is 27.7 Å². The number of carbonyl (C=O) groups is 2. The lowest BCUT2D eigenvalue weighted by atomic mass is 10.0. The summed E-state index contributed by atoms with van der Waals surface area (Å²) < 4.78 is 17.0. The van der Waals surface area contributed by atoms with Crippen LogP contribution in [0, 0.1) is 0 Å². The van der Waals surface area contributed by atoms with Gasteiger partial charge in [-0.15, -0.1) is 6.58 Å². The fraction of sp³-hybridized carbons (Fsp3) is 0.308. The molecule has 3 rings (SSSR count). The molecule has 0 aromatic heterocycles. The van der Waals surface area contributed by atoms with Crippen molar-refractivity contribution in [1.29, 1.82) is 0 Å². The number of hydrogen-bond donors (Lipinski definition) is 1. The number of nitrogens with zero attached hydrogens (tertiary/aromatic N) is 1. The van der Waals surface area contributed by atoms with E-state index in [2.05, 4.69) is 11.9 Å². The van der Waals surface area contributed by atoms with E-state index in [1.54, 1.807) is 42.5 Å². The lowest BCUT2D eigenvalue weighted by molar-refractivity contribution is -0.136. The molecule has 1 aliphatic heterocycles. The van der Waals surface area contributed by atoms with Crippen molar-refractivity contribution in [2.75, 3.05) is 25.1 Å². The molecule has 2 aromatic carbocycles. The molecule has 1 heterocycles. The number of rotatable bonds is 11. The number of amides is 2. The topological polar surface area (TPSA) is 77.1 Å². The predicted octanol–water partition coefficient (Wildman–Crippen LogP) is 4.65. The van der Waals surface area contributed by atoms with Crippen LogP contribution in [0.4, 0.5) is 5.69 Å². The van der Waals surface area contributed by atoms with Crippen molar-refractivity contribution in [3.8, 4) is 17.2 Å². The number of nitrogens with one attached hydrogen (secondary N) is 1. The Bertz CT molecular complexity index is 1060. The molecule has 174 valence electrons. The van der Waals surface area contributed by atoms with Crippen molar-refractivity contribution in [1.82, 2.24) is 4.90 Å². The average Bonchev–Trinajstić information content (AvgIpc) is 3.00. The molecule has 0 bridgehead atoms. The number of benzene rings is 2. The minimum absolute atomic E-state index is 0.0317. The number of ether oxygens (including phenoxy) is 3. The number of carbonyl (C=O) groups excluding carboxylic acids is 2. The first-order chi connectivity index (χ1) is 15.9. The standard InChI is InChI=1S/C26H30N2O5/c1-6-15-28-25(29)23(18-9-12-20(13-10-18)33-17(4)5)24(26(28)30)27-19-11-14-21(31-7-2)22(16-19)32-8-3/h6,9-14,16-17,27H,1,7-8,15H2,2-5H3. The van der Waals surface area contributed by atoms with Gasteiger partial charge in [0.2, 0.25) is 0 Å². The minimum Gasteiger partial charge on any atom is -0.491 e. The third-order valence-electron chi connectivity index (χ3n) is 4.81. The smallest absolute Gasteiger partial charge is 0.278 e. The molecule has 0 radical (unpaired) electrons. The van der Waals surface area contributed by atoms with Crippen LogP contribution in [0.3, 0.4) is 0 Å². The van der Waals surface area contributed by atoms with E-state index in [0.29, 0.717) is 47.3 Å². The summed E-state index contributed by atoms with van der Waals surface area (Å²) in [5, 5.41) is 3.14. The normalized spacial score (nSPS) is 13.5. The van der Waals surface area contributed by atoms with Crippen molar-refractivity contribution < 1.29 is 23.8 Å². The lowest BCUT2D eigenvalue weighted by Crippen LogP contribution is -2.32. The van der Waals surface area contributed by atoms with Crippen molar-refractivity contribution in [2.24, 2.45) is 0 Å². The van der Waals surface area contributed by atoms with Gasteiger partial charge in [-0.05, 0) is 57.5 Å². The van der Waals surface area contributed by atoms with Crippen LogP contribution in [0.2, 0.25) is 0 Å². The van der Waals surface area contributed by atoms with Gasteiger partial charge in [-0.25, -0.2) is 0 Å². The highest BCUT2D eigenvalue weighted by Crippen LogP contribution is 2.35. The van der Waals surface area contributed by atoms with Gasteiger partial charge in [-0.3, -0.25) is 14.5 Å². The largest absolute Gasteiger partial charge is 0.491 e. The van der Waals surface area contributed by atoms with Crippen molar-refractivity contribution >= 4 is 23.1 Å². The molecule has 0 unspecified atom stereocenters. The Labute approximate surface area is 194 Å². The second-order valence-electron chi connectivity index (χ2n) is 7.60. The van der Waals surface area contributed by atoms with Gasteiger partial charge in [-0.2, -0.15) is 0 Å². The Morgan fingerprint density at radius 2 is 1.64 bits per heavy atom. The van der Waals surface area contributed by atoms with Crippen LogP contribution < -0.4 is 19.5 Å². The second kappa shape index (κ2) is 10.7. The number of anilines is 1. The molecular formula is C26H30N2O5. The third kappa shape index (κ3) is 5.37. The predicted molar refractivity (Wildman–Crippen MR) is 128 cm³/mol. The van der Waals surface area contributed by atoms with Crippen LogP contribution in [-0.4, -0.2) is 42.6 Å². The van der Waals surface area contributed by atoms with E-state index in [0.717, 1.165) is 0 Å². The Balaban J connectivity index is 2.01. The third-order valence-corrected chi connectivity index (χ3v) is 4.81. The van der Waals surface area contributed by atoms with Gasteiger partial charge < -0.3 is 19.5 Å². The summed E-state index contributed by atoms with van der Waals surface area (Å²) in [6, 6.07) is 12.5. The molecule has 0 spiro atoms. The van der Waals surface area contributed by atoms with Crippen LogP contribution in [-0.2, 0) is 9.59 Å². The van der Waals surface area contributed by atoms with Crippen LogP contribution in [0.25, 0.3) is 5.57 Å². The molecule has 1 N–H and O–H groups in total. The molecule has 0 saturated carbocycles. The maximum atomic E-state index is 13.2. The summed E-state index contributed by atoms with van der Waals surface area (Å²) >= 11 is 0. The molecule has 7 nitrogen and oxygen atoms in total. The fourth-order valence-corrected chi connectivity index (χ4v) is 3.50. The summed E-state index contributed by atoms with van der Waals surface area (Å²) in [7, 11) is 0. The summed E-state index contributed by atoms with van der Waals surface area (Å²) in [6.07, 6.45) is 1.56. The van der Waals surface area contributed by atoms with Crippen LogP contribution in [0.15, 0.2) is 60.8 Å². The van der Waals surface area contributed by atoms with Gasteiger partial charge in [0.1, 0.15) is 11.4 Å². The van der Waals surface area contributed by atoms with E-state index < -0.39 is 5.91 Å². The quantitative estimate of drug-likeness (QED) is 0.397. The highest BCUT2D eigenvalue weighted by molar-refractivity contribution is 6.36. The zero-order valence-corrected chi connectivity index (χ0v) is 19.5. The molecule has 0 fully saturated rings. The fourth-order valence-electron chi connectivity index (χ4n) is 3.50. The van der Waals surface area contributed by atoms with Gasteiger partial charge in [0, 0.05) is 18.3 Å². The van der Waals surface area contributed by atoms with Gasteiger partial charge in [-0.1, -0.05) is 18.2 Å². The zero-order chi connectivity index (χ0) is 24.0. The monoisotopic (exact) mass is 450 g/mol. The molecule has 2 aromatic rings. The molecule has 0 atom stereocenters. The summed E-state index contributed by atoms with van der Waals surface area (Å²) in [5.41, 5.74) is 1.72. The lowest BCUT2D eigenvalue weighted by Gasteiger charge is -2.15. The Hall–Kier alpha value is -3.74. The van der Waals surface area contributed by atoms with E-state index in [4.69, 9.17) is 14.2 Å². The van der Waals surface area contributed by atoms with Gasteiger partial charge in [0.05, 0.1) is 24.9 Å². The molecule has 0 aliphatic carbocycles. The van der Waals surface area contributed by atoms with Crippen molar-refractivity contribution in [3.05, 3.63) is 66.4 Å². The number of hydrogen-bond acceptors (Lipinski definition) is 6. The maximum Gasteiger partial charge on any atom is 0.278 e. The van der Waals surface area contributed by atoms with Crippen molar-refractivity contribution in [3.63, 3.8) is 0 Å².